The summed E-state index contributed by atoms with van der Waals surface area (Å²) in [7, 11) is 1.29. The quantitative estimate of drug-likeness (QED) is 0.273. The molecule has 2 atom stereocenters. The minimum Gasteiger partial charge on any atom is -0.469 e. The smallest absolute Gasteiger partial charge is 0.469 e. The number of ether oxygens (including phenoxy) is 2. The maximum atomic E-state index is 13.9. The van der Waals surface area contributed by atoms with Crippen LogP contribution in [-0.2, 0) is 36.3 Å². The van der Waals surface area contributed by atoms with Crippen LogP contribution in [0, 0.1) is 17.8 Å². The third-order valence-corrected chi connectivity index (χ3v) is 10.8. The molecule has 4 bridgehead atoms. The number of aryl methyl sites for hydroxylation is 1. The molecule has 5 aliphatic rings. The van der Waals surface area contributed by atoms with E-state index in [1.54, 1.807) is 4.57 Å². The number of esters is 2. The van der Waals surface area contributed by atoms with Gasteiger partial charge in [0.1, 0.15) is 11.6 Å². The SMILES string of the molecule is COC(=O)CCC1(c2ccc(-c3ccccc3)cc2)CCc2nnc(C34CC5CC(CC(C5)C3)C4)n2C1OC(=O)C(F)(F)F. The maximum absolute atomic E-state index is 13.9. The number of hydrogen-bond donors (Lipinski definition) is 0. The highest BCUT2D eigenvalue weighted by Crippen LogP contribution is 2.61. The van der Waals surface area contributed by atoms with Gasteiger partial charge in [0, 0.05) is 18.3 Å². The van der Waals surface area contributed by atoms with Crippen molar-refractivity contribution >= 4 is 11.9 Å². The lowest BCUT2D eigenvalue weighted by atomic mass is 9.49. The van der Waals surface area contributed by atoms with Gasteiger partial charge in [-0.25, -0.2) is 4.79 Å². The Balaban J connectivity index is 1.37. The lowest BCUT2D eigenvalue weighted by Gasteiger charge is -2.56. The molecular formula is C34H36F3N3O4. The van der Waals surface area contributed by atoms with E-state index < -0.39 is 29.8 Å². The molecule has 1 aliphatic heterocycles. The van der Waals surface area contributed by atoms with E-state index in [0.29, 0.717) is 47.8 Å². The predicted molar refractivity (Wildman–Crippen MR) is 154 cm³/mol. The number of carbonyl (C=O) groups is 2. The first-order valence-corrected chi connectivity index (χ1v) is 15.5. The van der Waals surface area contributed by atoms with Gasteiger partial charge in [-0.15, -0.1) is 10.2 Å². The van der Waals surface area contributed by atoms with E-state index in [0.717, 1.165) is 30.4 Å². The zero-order valence-corrected chi connectivity index (χ0v) is 24.7. The maximum Gasteiger partial charge on any atom is 0.491 e. The molecule has 3 aromatic rings. The molecule has 0 saturated heterocycles. The number of nitrogens with zero attached hydrogens (tertiary/aromatic N) is 3. The van der Waals surface area contributed by atoms with Gasteiger partial charge >= 0.3 is 18.1 Å². The second-order valence-electron chi connectivity index (χ2n) is 13.4. The molecule has 0 N–H and O–H groups in total. The Bertz CT molecular complexity index is 1520. The van der Waals surface area contributed by atoms with Crippen LogP contribution in [0.3, 0.4) is 0 Å². The van der Waals surface area contributed by atoms with Crippen LogP contribution in [0.4, 0.5) is 13.2 Å². The van der Waals surface area contributed by atoms with E-state index in [-0.39, 0.29) is 18.3 Å². The van der Waals surface area contributed by atoms with Gasteiger partial charge in [0.2, 0.25) is 0 Å². The average molecular weight is 608 g/mol. The largest absolute Gasteiger partial charge is 0.491 e. The first kappa shape index (κ1) is 29.0. The number of halogens is 3. The molecule has 44 heavy (non-hydrogen) atoms. The van der Waals surface area contributed by atoms with Gasteiger partial charge in [-0.05, 0) is 85.8 Å². The highest BCUT2D eigenvalue weighted by atomic mass is 19.4. The van der Waals surface area contributed by atoms with E-state index in [1.807, 2.05) is 54.6 Å². The number of benzene rings is 2. The van der Waals surface area contributed by atoms with Crippen LogP contribution < -0.4 is 0 Å². The molecular weight excluding hydrogens is 571 g/mol. The van der Waals surface area contributed by atoms with Gasteiger partial charge in [0.05, 0.1) is 12.5 Å². The van der Waals surface area contributed by atoms with E-state index in [9.17, 15) is 22.8 Å². The third kappa shape index (κ3) is 4.90. The Hall–Kier alpha value is -3.69. The zero-order chi connectivity index (χ0) is 30.7. The number of aromatic nitrogens is 3. The van der Waals surface area contributed by atoms with Gasteiger partial charge in [-0.3, -0.25) is 9.36 Å². The van der Waals surface area contributed by atoms with E-state index in [1.165, 1.54) is 26.4 Å². The number of hydrogen-bond acceptors (Lipinski definition) is 6. The summed E-state index contributed by atoms with van der Waals surface area (Å²) in [5.41, 5.74) is 1.16. The van der Waals surface area contributed by atoms with Crippen LogP contribution in [0.15, 0.2) is 54.6 Å². The summed E-state index contributed by atoms with van der Waals surface area (Å²) in [6, 6.07) is 17.4. The first-order valence-electron chi connectivity index (χ1n) is 15.5. The summed E-state index contributed by atoms with van der Waals surface area (Å²) < 4.78 is 53.9. The summed E-state index contributed by atoms with van der Waals surface area (Å²) in [6.45, 7) is 0. The Kier molecular flexibility index (Phi) is 7.09. The highest BCUT2D eigenvalue weighted by Gasteiger charge is 2.58. The lowest BCUT2D eigenvalue weighted by Crippen LogP contribution is -2.52. The molecule has 0 amide bonds. The second kappa shape index (κ2) is 10.7. The molecule has 4 aliphatic carbocycles. The van der Waals surface area contributed by atoms with Gasteiger partial charge in [0.25, 0.3) is 0 Å². The predicted octanol–water partition coefficient (Wildman–Crippen LogP) is 6.85. The van der Waals surface area contributed by atoms with Crippen LogP contribution in [-0.4, -0.2) is 40.0 Å². The van der Waals surface area contributed by atoms with Crippen molar-refractivity contribution in [2.45, 2.75) is 87.4 Å². The van der Waals surface area contributed by atoms with Gasteiger partial charge in [0.15, 0.2) is 6.23 Å². The molecule has 8 rings (SSSR count). The normalized spacial score (nSPS) is 30.5. The minimum absolute atomic E-state index is 0.0544. The summed E-state index contributed by atoms with van der Waals surface area (Å²) >= 11 is 0. The van der Waals surface area contributed by atoms with Gasteiger partial charge < -0.3 is 9.47 Å². The topological polar surface area (TPSA) is 83.3 Å². The third-order valence-electron chi connectivity index (χ3n) is 10.8. The fourth-order valence-corrected chi connectivity index (χ4v) is 9.26. The Labute approximate surface area is 254 Å². The van der Waals surface area contributed by atoms with E-state index >= 15 is 0 Å². The number of carbonyl (C=O) groups excluding carboxylic acids is 2. The summed E-state index contributed by atoms with van der Waals surface area (Å²) in [6.07, 6.45) is 0.525. The molecule has 10 heteroatoms. The summed E-state index contributed by atoms with van der Waals surface area (Å²) in [5.74, 6) is 0.0848. The number of fused-ring (bicyclic) bond motifs is 1. The minimum atomic E-state index is -5.20. The van der Waals surface area contributed by atoms with Gasteiger partial charge in [-0.1, -0.05) is 54.6 Å². The fraction of sp³-hybridized carbons (Fsp3) is 0.529. The Morgan fingerprint density at radius 3 is 2.11 bits per heavy atom. The number of alkyl halides is 3. The van der Waals surface area contributed by atoms with Crippen LogP contribution in [0.1, 0.15) is 81.2 Å². The van der Waals surface area contributed by atoms with Crippen molar-refractivity contribution in [3.63, 3.8) is 0 Å². The Morgan fingerprint density at radius 2 is 1.52 bits per heavy atom. The second-order valence-corrected chi connectivity index (χ2v) is 13.4. The van der Waals surface area contributed by atoms with E-state index in [4.69, 9.17) is 9.47 Å². The molecule has 232 valence electrons. The van der Waals surface area contributed by atoms with Crippen molar-refractivity contribution in [1.29, 1.82) is 0 Å². The summed E-state index contributed by atoms with van der Waals surface area (Å²) in [4.78, 5) is 25.2. The van der Waals surface area contributed by atoms with Crippen LogP contribution in [0.25, 0.3) is 11.1 Å². The fourth-order valence-electron chi connectivity index (χ4n) is 9.26. The molecule has 7 nitrogen and oxygen atoms in total. The van der Waals surface area contributed by atoms with Crippen molar-refractivity contribution in [2.75, 3.05) is 7.11 Å². The first-order chi connectivity index (χ1) is 21.1. The van der Waals surface area contributed by atoms with Crippen molar-refractivity contribution < 1.29 is 32.2 Å². The van der Waals surface area contributed by atoms with Crippen molar-refractivity contribution in [3.05, 3.63) is 71.8 Å². The van der Waals surface area contributed by atoms with E-state index in [2.05, 4.69) is 10.2 Å². The molecule has 4 saturated carbocycles. The molecule has 1 aromatic heterocycles. The molecule has 4 fully saturated rings. The molecule has 2 heterocycles. The van der Waals surface area contributed by atoms with Crippen LogP contribution in [0.5, 0.6) is 0 Å². The standard InChI is InChI=1S/C34H36F3N3O4/c1-43-28(41)12-14-33(26-9-7-25(8-10-26)24-5-3-2-4-6-24)13-11-27-38-39-29(40(27)30(33)44-31(42)34(35,36)37)32-18-21-15-22(19-32)17-23(16-21)20-32/h2-10,21-23,30H,11-20H2,1H3. The lowest BCUT2D eigenvalue weighted by molar-refractivity contribution is -0.216. The number of methoxy groups -OCH3 is 1. The monoisotopic (exact) mass is 607 g/mol. The zero-order valence-electron chi connectivity index (χ0n) is 24.7. The molecule has 0 radical (unpaired) electrons. The van der Waals surface area contributed by atoms with Crippen molar-refractivity contribution in [2.24, 2.45) is 17.8 Å². The average Bonchev–Trinajstić information content (AvgIpc) is 3.45. The van der Waals surface area contributed by atoms with Crippen molar-refractivity contribution in [1.82, 2.24) is 14.8 Å². The Morgan fingerprint density at radius 1 is 0.909 bits per heavy atom. The van der Waals surface area contributed by atoms with Crippen LogP contribution in [0.2, 0.25) is 0 Å². The van der Waals surface area contributed by atoms with Crippen LogP contribution >= 0.6 is 0 Å². The molecule has 2 unspecified atom stereocenters. The highest BCUT2D eigenvalue weighted by molar-refractivity contribution is 5.76. The summed E-state index contributed by atoms with van der Waals surface area (Å²) in [5, 5.41) is 9.19. The molecule has 0 spiro atoms. The molecule has 2 aromatic carbocycles. The van der Waals surface area contributed by atoms with Crippen molar-refractivity contribution in [3.8, 4) is 11.1 Å². The van der Waals surface area contributed by atoms with Gasteiger partial charge in [-0.2, -0.15) is 13.2 Å². The number of rotatable bonds is 7.